The van der Waals surface area contributed by atoms with Gasteiger partial charge in [-0.25, -0.2) is 0 Å². The Kier molecular flexibility index (Phi) is 4.65. The van der Waals surface area contributed by atoms with Crippen LogP contribution in [0.1, 0.15) is 38.5 Å². The lowest BCUT2D eigenvalue weighted by molar-refractivity contribution is 0.319. The first-order chi connectivity index (χ1) is 6.33. The minimum absolute atomic E-state index is 0.0685. The van der Waals surface area contributed by atoms with Gasteiger partial charge in [0, 0.05) is 17.5 Å². The van der Waals surface area contributed by atoms with E-state index in [-0.39, 0.29) is 6.04 Å². The number of nitrogens with two attached hydrogens (primary N) is 1. The monoisotopic (exact) mass is 182 g/mol. The topological polar surface area (TPSA) is 74.8 Å². The maximum absolute atomic E-state index is 8.12. The van der Waals surface area contributed by atoms with E-state index < -0.39 is 0 Å². The van der Waals surface area contributed by atoms with Crippen molar-refractivity contribution in [3.8, 4) is 0 Å². The van der Waals surface area contributed by atoms with Crippen LogP contribution in [-0.4, -0.2) is 12.6 Å². The summed E-state index contributed by atoms with van der Waals surface area (Å²) in [6, 6.07) is 0.0685. The third-order valence-corrected chi connectivity index (χ3v) is 2.74. The van der Waals surface area contributed by atoms with E-state index in [9.17, 15) is 0 Å². The van der Waals surface area contributed by atoms with Crippen LogP contribution in [-0.2, 0) is 0 Å². The highest BCUT2D eigenvalue weighted by atomic mass is 15.1. The fraction of sp³-hybridized carbons (Fsp3) is 1.00. The van der Waals surface area contributed by atoms with Gasteiger partial charge in [0.15, 0.2) is 0 Å². The zero-order valence-electron chi connectivity index (χ0n) is 8.02. The highest BCUT2D eigenvalue weighted by Crippen LogP contribution is 2.26. The van der Waals surface area contributed by atoms with Gasteiger partial charge >= 0.3 is 0 Å². The Bertz CT molecular complexity index is 180. The largest absolute Gasteiger partial charge is 0.328 e. The van der Waals surface area contributed by atoms with Crippen LogP contribution in [0.5, 0.6) is 0 Å². The highest BCUT2D eigenvalue weighted by Gasteiger charge is 2.15. The Morgan fingerprint density at radius 1 is 1.38 bits per heavy atom. The molecular formula is C9H18N4. The number of hydrogen-bond donors (Lipinski definition) is 1. The summed E-state index contributed by atoms with van der Waals surface area (Å²) in [5.74, 6) is 0.776. The molecule has 1 fully saturated rings. The van der Waals surface area contributed by atoms with E-state index in [1.807, 2.05) is 0 Å². The van der Waals surface area contributed by atoms with Crippen LogP contribution in [0.25, 0.3) is 10.4 Å². The molecule has 74 valence electrons. The standard InChI is InChI=1S/C9H18N4/c10-9(7-12-13-11)6-8-4-2-1-3-5-8/h8-9H,1-7,10H2/t9-/m0/s1. The molecular weight excluding hydrogens is 164 g/mol. The van der Waals surface area contributed by atoms with Crippen LogP contribution in [0.2, 0.25) is 0 Å². The maximum Gasteiger partial charge on any atom is 0.0409 e. The molecule has 0 radical (unpaired) electrons. The zero-order valence-corrected chi connectivity index (χ0v) is 8.02. The summed E-state index contributed by atoms with van der Waals surface area (Å²) >= 11 is 0. The van der Waals surface area contributed by atoms with Crippen molar-refractivity contribution < 1.29 is 0 Å². The van der Waals surface area contributed by atoms with E-state index in [4.69, 9.17) is 11.3 Å². The van der Waals surface area contributed by atoms with E-state index in [0.29, 0.717) is 6.54 Å². The predicted molar refractivity (Wildman–Crippen MR) is 53.2 cm³/mol. The summed E-state index contributed by atoms with van der Waals surface area (Å²) in [6.07, 6.45) is 7.72. The second-order valence-corrected chi connectivity index (χ2v) is 3.91. The third kappa shape index (κ3) is 4.15. The number of hydrogen-bond acceptors (Lipinski definition) is 2. The van der Waals surface area contributed by atoms with Gasteiger partial charge in [0.25, 0.3) is 0 Å². The molecule has 0 saturated heterocycles. The van der Waals surface area contributed by atoms with E-state index in [2.05, 4.69) is 10.0 Å². The minimum Gasteiger partial charge on any atom is -0.328 e. The zero-order chi connectivity index (χ0) is 9.52. The molecule has 2 N–H and O–H groups in total. The number of azide groups is 1. The molecule has 0 aromatic heterocycles. The molecule has 1 saturated carbocycles. The van der Waals surface area contributed by atoms with Crippen LogP contribution in [0.15, 0.2) is 5.11 Å². The molecule has 1 atom stereocenters. The molecule has 4 nitrogen and oxygen atoms in total. The predicted octanol–water partition coefficient (Wildman–Crippen LogP) is 2.59. The van der Waals surface area contributed by atoms with Crippen LogP contribution in [0.4, 0.5) is 0 Å². The van der Waals surface area contributed by atoms with Crippen LogP contribution in [0, 0.1) is 5.92 Å². The van der Waals surface area contributed by atoms with E-state index in [1.165, 1.54) is 32.1 Å². The molecule has 0 aliphatic heterocycles. The van der Waals surface area contributed by atoms with E-state index in [0.717, 1.165) is 12.3 Å². The molecule has 0 heterocycles. The minimum atomic E-state index is 0.0685. The highest BCUT2D eigenvalue weighted by molar-refractivity contribution is 4.73. The van der Waals surface area contributed by atoms with Crippen molar-refractivity contribution in [3.63, 3.8) is 0 Å². The van der Waals surface area contributed by atoms with E-state index >= 15 is 0 Å². The van der Waals surface area contributed by atoms with Gasteiger partial charge in [-0.1, -0.05) is 37.2 Å². The first kappa shape index (κ1) is 10.4. The van der Waals surface area contributed by atoms with Crippen LogP contribution < -0.4 is 5.73 Å². The molecule has 0 amide bonds. The van der Waals surface area contributed by atoms with Gasteiger partial charge in [0.1, 0.15) is 0 Å². The van der Waals surface area contributed by atoms with Crippen LogP contribution >= 0.6 is 0 Å². The normalized spacial score (nSPS) is 20.7. The van der Waals surface area contributed by atoms with Crippen molar-refractivity contribution in [1.82, 2.24) is 0 Å². The lowest BCUT2D eigenvalue weighted by Gasteiger charge is -2.23. The molecule has 4 heteroatoms. The third-order valence-electron chi connectivity index (χ3n) is 2.74. The molecule has 0 bridgehead atoms. The lowest BCUT2D eigenvalue weighted by Crippen LogP contribution is -2.27. The van der Waals surface area contributed by atoms with Crippen LogP contribution in [0.3, 0.4) is 0 Å². The Balaban J connectivity index is 2.17. The molecule has 1 rings (SSSR count). The van der Waals surface area contributed by atoms with Crippen molar-refractivity contribution in [2.45, 2.75) is 44.6 Å². The maximum atomic E-state index is 8.12. The molecule has 0 unspecified atom stereocenters. The molecule has 0 aromatic carbocycles. The number of rotatable bonds is 4. The fourth-order valence-electron chi connectivity index (χ4n) is 2.07. The van der Waals surface area contributed by atoms with E-state index in [1.54, 1.807) is 0 Å². The lowest BCUT2D eigenvalue weighted by atomic mass is 9.85. The molecule has 1 aliphatic carbocycles. The average molecular weight is 182 g/mol. The second-order valence-electron chi connectivity index (χ2n) is 3.91. The summed E-state index contributed by atoms with van der Waals surface area (Å²) < 4.78 is 0. The molecule has 0 spiro atoms. The average Bonchev–Trinajstić information content (AvgIpc) is 2.16. The molecule has 0 aromatic rings. The fourth-order valence-corrected chi connectivity index (χ4v) is 2.07. The first-order valence-electron chi connectivity index (χ1n) is 5.09. The summed E-state index contributed by atoms with van der Waals surface area (Å²) in [5, 5.41) is 3.49. The van der Waals surface area contributed by atoms with Gasteiger partial charge in [-0.05, 0) is 17.9 Å². The van der Waals surface area contributed by atoms with Gasteiger partial charge in [-0.15, -0.1) is 0 Å². The summed E-state index contributed by atoms with van der Waals surface area (Å²) in [7, 11) is 0. The van der Waals surface area contributed by atoms with Gasteiger partial charge in [-0.3, -0.25) is 0 Å². The SMILES string of the molecule is [N-]=[N+]=NC[C@@H](N)CC1CCCCC1. The van der Waals surface area contributed by atoms with Crippen molar-refractivity contribution in [1.29, 1.82) is 0 Å². The first-order valence-corrected chi connectivity index (χ1v) is 5.09. The van der Waals surface area contributed by atoms with Crippen molar-refractivity contribution in [2.75, 3.05) is 6.54 Å². The van der Waals surface area contributed by atoms with Gasteiger partial charge in [-0.2, -0.15) is 0 Å². The Morgan fingerprint density at radius 2 is 2.08 bits per heavy atom. The summed E-state index contributed by atoms with van der Waals surface area (Å²) in [5.41, 5.74) is 13.9. The molecule has 13 heavy (non-hydrogen) atoms. The number of nitrogens with zero attached hydrogens (tertiary/aromatic N) is 3. The van der Waals surface area contributed by atoms with Crippen molar-refractivity contribution in [3.05, 3.63) is 10.4 Å². The van der Waals surface area contributed by atoms with Gasteiger partial charge in [0.2, 0.25) is 0 Å². The van der Waals surface area contributed by atoms with Gasteiger partial charge < -0.3 is 5.73 Å². The Labute approximate surface area is 79.1 Å². The quantitative estimate of drug-likeness (QED) is 0.405. The molecule has 1 aliphatic rings. The smallest absolute Gasteiger partial charge is 0.0409 e. The second kappa shape index (κ2) is 5.84. The van der Waals surface area contributed by atoms with Crippen molar-refractivity contribution >= 4 is 0 Å². The Hall–Kier alpha value is -0.730. The summed E-state index contributed by atoms with van der Waals surface area (Å²) in [4.78, 5) is 2.71. The van der Waals surface area contributed by atoms with Gasteiger partial charge in [0.05, 0.1) is 0 Å². The van der Waals surface area contributed by atoms with Crippen molar-refractivity contribution in [2.24, 2.45) is 16.8 Å². The summed E-state index contributed by atoms with van der Waals surface area (Å²) in [6.45, 7) is 0.451. The Morgan fingerprint density at radius 3 is 2.69 bits per heavy atom.